The Labute approximate surface area is 153 Å². The SMILES string of the molecule is CCC1CCC(CNC(=O)C2(N)C3CCCOC3C2(C)C)CC1.Cl. The molecular formula is C19H35ClN2O2. The lowest BCUT2D eigenvalue weighted by Crippen LogP contribution is -2.82. The van der Waals surface area contributed by atoms with E-state index >= 15 is 0 Å². The van der Waals surface area contributed by atoms with E-state index in [1.165, 1.54) is 32.1 Å². The molecule has 1 amide bonds. The minimum absolute atomic E-state index is 0. The standard InChI is InChI=1S/C19H34N2O2.ClH/c1-4-13-7-9-14(10-8-13)12-21-17(22)19(20)15-6-5-11-23-16(15)18(19,2)3;/h13-16H,4-12,20H2,1-3H3,(H,21,22);1H. The van der Waals surface area contributed by atoms with Crippen molar-refractivity contribution in [3.63, 3.8) is 0 Å². The van der Waals surface area contributed by atoms with E-state index < -0.39 is 5.54 Å². The fourth-order valence-corrected chi connectivity index (χ4v) is 5.26. The molecule has 24 heavy (non-hydrogen) atoms. The van der Waals surface area contributed by atoms with E-state index in [9.17, 15) is 4.79 Å². The van der Waals surface area contributed by atoms with Gasteiger partial charge in [0.05, 0.1) is 6.10 Å². The van der Waals surface area contributed by atoms with Crippen molar-refractivity contribution in [1.29, 1.82) is 0 Å². The molecule has 3 rings (SSSR count). The zero-order valence-electron chi connectivity index (χ0n) is 15.5. The van der Waals surface area contributed by atoms with Crippen LogP contribution in [0.5, 0.6) is 0 Å². The summed E-state index contributed by atoms with van der Waals surface area (Å²) in [5.41, 5.74) is 5.60. The van der Waals surface area contributed by atoms with Crippen molar-refractivity contribution >= 4 is 18.3 Å². The Hall–Kier alpha value is -0.320. The second kappa shape index (κ2) is 7.51. The van der Waals surface area contributed by atoms with Crippen LogP contribution in [0.4, 0.5) is 0 Å². The van der Waals surface area contributed by atoms with Crippen LogP contribution in [0.25, 0.3) is 0 Å². The third-order valence-corrected chi connectivity index (χ3v) is 7.16. The maximum Gasteiger partial charge on any atom is 0.241 e. The number of nitrogens with one attached hydrogen (secondary N) is 1. The number of fused-ring (bicyclic) bond motifs is 1. The molecule has 0 aromatic carbocycles. The Morgan fingerprint density at radius 2 is 1.79 bits per heavy atom. The summed E-state index contributed by atoms with van der Waals surface area (Å²) in [4.78, 5) is 12.9. The van der Waals surface area contributed by atoms with Crippen LogP contribution < -0.4 is 11.1 Å². The second-order valence-electron chi connectivity index (χ2n) is 8.64. The van der Waals surface area contributed by atoms with Crippen molar-refractivity contribution in [2.24, 2.45) is 28.9 Å². The Bertz CT molecular complexity index is 449. The fraction of sp³-hybridized carbons (Fsp3) is 0.947. The number of halogens is 1. The summed E-state index contributed by atoms with van der Waals surface area (Å²) in [5.74, 6) is 1.76. The lowest BCUT2D eigenvalue weighted by atomic mass is 9.46. The molecule has 2 saturated carbocycles. The zero-order chi connectivity index (χ0) is 16.7. The molecule has 3 aliphatic rings. The highest BCUT2D eigenvalue weighted by Crippen LogP contribution is 2.57. The van der Waals surface area contributed by atoms with E-state index in [0.717, 1.165) is 31.9 Å². The first-order valence-electron chi connectivity index (χ1n) is 9.60. The Kier molecular flexibility index (Phi) is 6.26. The quantitative estimate of drug-likeness (QED) is 0.810. The number of rotatable bonds is 4. The van der Waals surface area contributed by atoms with E-state index in [1.807, 2.05) is 0 Å². The predicted molar refractivity (Wildman–Crippen MR) is 99.2 cm³/mol. The van der Waals surface area contributed by atoms with Crippen molar-refractivity contribution in [2.75, 3.05) is 13.2 Å². The van der Waals surface area contributed by atoms with Crippen molar-refractivity contribution < 1.29 is 9.53 Å². The molecule has 0 spiro atoms. The lowest BCUT2D eigenvalue weighted by Gasteiger charge is -2.65. The van der Waals surface area contributed by atoms with Crippen molar-refractivity contribution in [3.05, 3.63) is 0 Å². The van der Waals surface area contributed by atoms with Gasteiger partial charge in [-0.2, -0.15) is 0 Å². The number of carbonyl (C=O) groups is 1. The normalized spacial score (nSPS) is 40.7. The molecule has 5 heteroatoms. The molecule has 140 valence electrons. The first-order valence-corrected chi connectivity index (χ1v) is 9.60. The van der Waals surface area contributed by atoms with E-state index in [0.29, 0.717) is 5.92 Å². The maximum atomic E-state index is 12.9. The third-order valence-electron chi connectivity index (χ3n) is 7.16. The van der Waals surface area contributed by atoms with E-state index in [-0.39, 0.29) is 35.8 Å². The summed E-state index contributed by atoms with van der Waals surface area (Å²) in [5, 5.41) is 3.20. The van der Waals surface area contributed by atoms with Gasteiger partial charge in [0, 0.05) is 24.5 Å². The van der Waals surface area contributed by atoms with Gasteiger partial charge < -0.3 is 15.8 Å². The van der Waals surface area contributed by atoms with Gasteiger partial charge >= 0.3 is 0 Å². The summed E-state index contributed by atoms with van der Waals surface area (Å²) < 4.78 is 5.90. The van der Waals surface area contributed by atoms with Crippen LogP contribution >= 0.6 is 12.4 Å². The lowest BCUT2D eigenvalue weighted by molar-refractivity contribution is -0.225. The predicted octanol–water partition coefficient (Wildman–Crippen LogP) is 3.27. The molecule has 0 aromatic heterocycles. The van der Waals surface area contributed by atoms with Gasteiger partial charge in [-0.1, -0.05) is 40.0 Å². The maximum absolute atomic E-state index is 12.9. The molecule has 3 unspecified atom stereocenters. The zero-order valence-corrected chi connectivity index (χ0v) is 16.3. The summed E-state index contributed by atoms with van der Waals surface area (Å²) in [6.07, 6.45) is 8.59. The van der Waals surface area contributed by atoms with Gasteiger partial charge in [-0.05, 0) is 37.5 Å². The minimum Gasteiger partial charge on any atom is -0.377 e. The van der Waals surface area contributed by atoms with Gasteiger partial charge in [-0.3, -0.25) is 4.79 Å². The molecule has 3 N–H and O–H groups in total. The topological polar surface area (TPSA) is 64.4 Å². The van der Waals surface area contributed by atoms with Crippen molar-refractivity contribution in [1.82, 2.24) is 5.32 Å². The summed E-state index contributed by atoms with van der Waals surface area (Å²) in [6.45, 7) is 8.06. The van der Waals surface area contributed by atoms with Gasteiger partial charge in [0.25, 0.3) is 0 Å². The molecule has 1 saturated heterocycles. The van der Waals surface area contributed by atoms with Crippen molar-refractivity contribution in [3.8, 4) is 0 Å². The van der Waals surface area contributed by atoms with E-state index in [4.69, 9.17) is 10.5 Å². The number of hydrogen-bond acceptors (Lipinski definition) is 3. The molecule has 0 bridgehead atoms. The number of carbonyl (C=O) groups excluding carboxylic acids is 1. The number of hydrogen-bond donors (Lipinski definition) is 2. The number of ether oxygens (including phenoxy) is 1. The van der Waals surface area contributed by atoms with Gasteiger partial charge in [-0.15, -0.1) is 12.4 Å². The highest BCUT2D eigenvalue weighted by molar-refractivity contribution is 5.89. The molecule has 0 radical (unpaired) electrons. The summed E-state index contributed by atoms with van der Waals surface area (Å²) in [7, 11) is 0. The molecule has 3 atom stereocenters. The molecule has 4 nitrogen and oxygen atoms in total. The second-order valence-corrected chi connectivity index (χ2v) is 8.64. The fourth-order valence-electron chi connectivity index (χ4n) is 5.26. The molecule has 1 aliphatic heterocycles. The Balaban J connectivity index is 0.00000208. The van der Waals surface area contributed by atoms with Crippen LogP contribution in [0.1, 0.15) is 65.7 Å². The molecule has 3 fully saturated rings. The van der Waals surface area contributed by atoms with E-state index in [1.54, 1.807) is 0 Å². The number of amides is 1. The van der Waals surface area contributed by atoms with E-state index in [2.05, 4.69) is 26.1 Å². The van der Waals surface area contributed by atoms with Gasteiger partial charge in [0.15, 0.2) is 0 Å². The summed E-state index contributed by atoms with van der Waals surface area (Å²) in [6, 6.07) is 0. The summed E-state index contributed by atoms with van der Waals surface area (Å²) >= 11 is 0. The molecule has 0 aromatic rings. The van der Waals surface area contributed by atoms with Crippen LogP contribution in [0, 0.1) is 23.2 Å². The van der Waals surface area contributed by atoms with Crippen LogP contribution in [0.2, 0.25) is 0 Å². The molecule has 1 heterocycles. The van der Waals surface area contributed by atoms with Gasteiger partial charge in [0.1, 0.15) is 5.54 Å². The van der Waals surface area contributed by atoms with Gasteiger partial charge in [-0.25, -0.2) is 0 Å². The largest absolute Gasteiger partial charge is 0.377 e. The average molecular weight is 359 g/mol. The van der Waals surface area contributed by atoms with Crippen LogP contribution in [0.15, 0.2) is 0 Å². The van der Waals surface area contributed by atoms with Crippen LogP contribution in [-0.2, 0) is 9.53 Å². The first kappa shape index (κ1) is 20.0. The monoisotopic (exact) mass is 358 g/mol. The minimum atomic E-state index is -0.765. The number of nitrogens with two attached hydrogens (primary N) is 1. The van der Waals surface area contributed by atoms with Crippen LogP contribution in [0.3, 0.4) is 0 Å². The van der Waals surface area contributed by atoms with Gasteiger partial charge in [0.2, 0.25) is 5.91 Å². The van der Waals surface area contributed by atoms with Crippen molar-refractivity contribution in [2.45, 2.75) is 77.4 Å². The first-order chi connectivity index (χ1) is 10.9. The molecular weight excluding hydrogens is 324 g/mol. The van der Waals surface area contributed by atoms with Crippen LogP contribution in [-0.4, -0.2) is 30.7 Å². The molecule has 2 aliphatic carbocycles. The average Bonchev–Trinajstić information content (AvgIpc) is 2.59. The highest BCUT2D eigenvalue weighted by Gasteiger charge is 2.70. The smallest absolute Gasteiger partial charge is 0.241 e. The Morgan fingerprint density at radius 1 is 1.17 bits per heavy atom. The highest BCUT2D eigenvalue weighted by atomic mass is 35.5. The third kappa shape index (κ3) is 3.10. The Morgan fingerprint density at radius 3 is 2.42 bits per heavy atom.